The van der Waals surface area contributed by atoms with Gasteiger partial charge in [-0.3, -0.25) is 14.9 Å². The van der Waals surface area contributed by atoms with E-state index in [1.807, 2.05) is 0 Å². The third kappa shape index (κ3) is 2.74. The van der Waals surface area contributed by atoms with Gasteiger partial charge in [-0.15, -0.1) is 0 Å². The van der Waals surface area contributed by atoms with E-state index >= 15 is 0 Å². The zero-order valence-corrected chi connectivity index (χ0v) is 12.9. The van der Waals surface area contributed by atoms with Crippen LogP contribution in [0.2, 0.25) is 10.0 Å². The third-order valence-electron chi connectivity index (χ3n) is 3.10. The maximum atomic E-state index is 12.6. The molecule has 0 atom stereocenters. The normalized spacial score (nSPS) is 16.9. The highest BCUT2D eigenvalue weighted by atomic mass is 35.5. The minimum absolute atomic E-state index is 0.0318. The second-order valence-corrected chi connectivity index (χ2v) is 5.33. The first-order valence-corrected chi connectivity index (χ1v) is 7.13. The summed E-state index contributed by atoms with van der Waals surface area (Å²) in [5, 5.41) is 2.29. The van der Waals surface area contributed by atoms with Crippen molar-refractivity contribution in [1.82, 2.24) is 5.32 Å². The molecule has 1 aromatic carbocycles. The number of carbonyl (C=O) groups excluding carboxylic acids is 3. The number of rotatable bonds is 2. The molecule has 0 saturated carbocycles. The van der Waals surface area contributed by atoms with Crippen molar-refractivity contribution in [1.29, 1.82) is 0 Å². The van der Waals surface area contributed by atoms with Gasteiger partial charge < -0.3 is 4.42 Å². The number of hydrogen-bond acceptors (Lipinski definition) is 4. The number of anilines is 1. The number of carbonyl (C=O) groups is 3. The molecular weight excluding hydrogens is 343 g/mol. The van der Waals surface area contributed by atoms with Crippen LogP contribution in [0.25, 0.3) is 6.08 Å². The number of hydrogen-bond donors (Lipinski definition) is 1. The lowest BCUT2D eigenvalue weighted by Gasteiger charge is -2.27. The van der Waals surface area contributed by atoms with Gasteiger partial charge in [0.2, 0.25) is 0 Å². The average molecular weight is 351 g/mol. The molecule has 0 spiro atoms. The summed E-state index contributed by atoms with van der Waals surface area (Å²) in [5.41, 5.74) is -0.171. The fraction of sp³-hybridized carbons (Fsp3) is 0. The Kier molecular flexibility index (Phi) is 3.94. The number of urea groups is 1. The van der Waals surface area contributed by atoms with Crippen LogP contribution in [-0.2, 0) is 9.59 Å². The number of halogens is 2. The Morgan fingerprint density at radius 1 is 1.09 bits per heavy atom. The topological polar surface area (TPSA) is 79.6 Å². The fourth-order valence-corrected chi connectivity index (χ4v) is 2.44. The van der Waals surface area contributed by atoms with Crippen LogP contribution in [-0.4, -0.2) is 17.8 Å². The second kappa shape index (κ2) is 5.91. The van der Waals surface area contributed by atoms with Crippen LogP contribution in [0.1, 0.15) is 5.76 Å². The summed E-state index contributed by atoms with van der Waals surface area (Å²) in [6, 6.07) is 6.78. The number of nitrogens with zero attached hydrogens (tertiary/aromatic N) is 1. The van der Waals surface area contributed by atoms with E-state index in [2.05, 4.69) is 5.32 Å². The Bertz CT molecular complexity index is 843. The molecule has 1 fully saturated rings. The van der Waals surface area contributed by atoms with Crippen molar-refractivity contribution >= 4 is 52.8 Å². The first-order chi connectivity index (χ1) is 11.0. The van der Waals surface area contributed by atoms with Crippen LogP contribution < -0.4 is 10.2 Å². The Morgan fingerprint density at radius 3 is 2.57 bits per heavy atom. The van der Waals surface area contributed by atoms with E-state index in [0.29, 0.717) is 5.76 Å². The molecule has 1 aliphatic heterocycles. The summed E-state index contributed by atoms with van der Waals surface area (Å²) in [5.74, 6) is -1.33. The number of nitrogens with one attached hydrogen (secondary N) is 1. The summed E-state index contributed by atoms with van der Waals surface area (Å²) < 4.78 is 5.08. The van der Waals surface area contributed by atoms with Gasteiger partial charge in [0, 0.05) is 0 Å². The molecular formula is C15H8Cl2N2O4. The number of amides is 4. The summed E-state index contributed by atoms with van der Waals surface area (Å²) in [6.07, 6.45) is 2.64. The summed E-state index contributed by atoms with van der Waals surface area (Å²) in [6.45, 7) is 0. The third-order valence-corrected chi connectivity index (χ3v) is 3.91. The van der Waals surface area contributed by atoms with Gasteiger partial charge in [-0.05, 0) is 30.3 Å². The first kappa shape index (κ1) is 15.3. The number of furan rings is 1. The Morgan fingerprint density at radius 2 is 1.87 bits per heavy atom. The molecule has 4 amide bonds. The Balaban J connectivity index is 2.07. The predicted octanol–water partition coefficient (Wildman–Crippen LogP) is 3.25. The molecule has 2 heterocycles. The van der Waals surface area contributed by atoms with Gasteiger partial charge in [-0.25, -0.2) is 9.69 Å². The molecule has 6 nitrogen and oxygen atoms in total. The van der Waals surface area contributed by atoms with Crippen LogP contribution in [0.15, 0.2) is 46.6 Å². The zero-order chi connectivity index (χ0) is 16.6. The molecule has 2 aromatic rings. The molecule has 1 aliphatic rings. The standard InChI is InChI=1S/C15H8Cl2N2O4/c16-10-4-1-5-11(12(10)17)19-14(21)9(13(20)18-15(19)22)7-8-3-2-6-23-8/h1-7H,(H,18,20,22)/b9-7+. The van der Waals surface area contributed by atoms with Gasteiger partial charge in [-0.1, -0.05) is 29.3 Å². The van der Waals surface area contributed by atoms with Crippen molar-refractivity contribution in [2.75, 3.05) is 4.90 Å². The lowest BCUT2D eigenvalue weighted by Crippen LogP contribution is -2.54. The number of benzene rings is 1. The molecule has 0 radical (unpaired) electrons. The molecule has 8 heteroatoms. The average Bonchev–Trinajstić information content (AvgIpc) is 3.01. The van der Waals surface area contributed by atoms with Crippen molar-refractivity contribution in [2.24, 2.45) is 0 Å². The van der Waals surface area contributed by atoms with Gasteiger partial charge in [0.1, 0.15) is 11.3 Å². The lowest BCUT2D eigenvalue weighted by atomic mass is 10.1. The number of barbiturate groups is 1. The van der Waals surface area contributed by atoms with Crippen LogP contribution in [0.3, 0.4) is 0 Å². The molecule has 1 saturated heterocycles. The van der Waals surface area contributed by atoms with Crippen LogP contribution >= 0.6 is 23.2 Å². The summed E-state index contributed by atoms with van der Waals surface area (Å²) in [7, 11) is 0. The fourth-order valence-electron chi connectivity index (χ4n) is 2.06. The van der Waals surface area contributed by atoms with E-state index in [-0.39, 0.29) is 21.3 Å². The minimum atomic E-state index is -0.902. The van der Waals surface area contributed by atoms with Gasteiger partial charge in [-0.2, -0.15) is 0 Å². The molecule has 1 aromatic heterocycles. The van der Waals surface area contributed by atoms with Crippen LogP contribution in [0, 0.1) is 0 Å². The number of imide groups is 2. The van der Waals surface area contributed by atoms with Gasteiger partial charge in [0.15, 0.2) is 0 Å². The van der Waals surface area contributed by atoms with Crippen LogP contribution in [0.5, 0.6) is 0 Å². The summed E-state index contributed by atoms with van der Waals surface area (Å²) in [4.78, 5) is 37.3. The van der Waals surface area contributed by atoms with E-state index in [1.165, 1.54) is 30.5 Å². The highest BCUT2D eigenvalue weighted by molar-refractivity contribution is 6.46. The predicted molar refractivity (Wildman–Crippen MR) is 84.2 cm³/mol. The Hall–Kier alpha value is -2.57. The molecule has 0 aliphatic carbocycles. The van der Waals surface area contributed by atoms with Crippen molar-refractivity contribution in [3.05, 3.63) is 58.0 Å². The van der Waals surface area contributed by atoms with E-state index in [1.54, 1.807) is 12.1 Å². The lowest BCUT2D eigenvalue weighted by molar-refractivity contribution is -0.122. The highest BCUT2D eigenvalue weighted by Gasteiger charge is 2.38. The Labute approximate surface area is 140 Å². The highest BCUT2D eigenvalue weighted by Crippen LogP contribution is 2.34. The van der Waals surface area contributed by atoms with Crippen molar-refractivity contribution in [3.8, 4) is 0 Å². The van der Waals surface area contributed by atoms with Gasteiger partial charge >= 0.3 is 6.03 Å². The van der Waals surface area contributed by atoms with Gasteiger partial charge in [0.25, 0.3) is 11.8 Å². The maximum absolute atomic E-state index is 12.6. The molecule has 23 heavy (non-hydrogen) atoms. The monoisotopic (exact) mass is 350 g/mol. The zero-order valence-electron chi connectivity index (χ0n) is 11.4. The first-order valence-electron chi connectivity index (χ1n) is 6.38. The van der Waals surface area contributed by atoms with Crippen molar-refractivity contribution in [3.63, 3.8) is 0 Å². The quantitative estimate of drug-likeness (QED) is 0.665. The summed E-state index contributed by atoms with van der Waals surface area (Å²) >= 11 is 12.0. The van der Waals surface area contributed by atoms with E-state index < -0.39 is 17.8 Å². The van der Waals surface area contributed by atoms with E-state index in [9.17, 15) is 14.4 Å². The largest absolute Gasteiger partial charge is 0.465 e. The molecule has 3 rings (SSSR count). The van der Waals surface area contributed by atoms with E-state index in [0.717, 1.165) is 4.90 Å². The van der Waals surface area contributed by atoms with Crippen molar-refractivity contribution in [2.45, 2.75) is 0 Å². The van der Waals surface area contributed by atoms with Crippen LogP contribution in [0.4, 0.5) is 10.5 Å². The molecule has 0 unspecified atom stereocenters. The van der Waals surface area contributed by atoms with Crippen molar-refractivity contribution < 1.29 is 18.8 Å². The molecule has 1 N–H and O–H groups in total. The van der Waals surface area contributed by atoms with Gasteiger partial charge in [0.05, 0.1) is 22.0 Å². The smallest absolute Gasteiger partial charge is 0.336 e. The minimum Gasteiger partial charge on any atom is -0.465 e. The maximum Gasteiger partial charge on any atom is 0.336 e. The van der Waals surface area contributed by atoms with E-state index in [4.69, 9.17) is 27.6 Å². The second-order valence-electron chi connectivity index (χ2n) is 4.55. The molecule has 116 valence electrons. The molecule has 0 bridgehead atoms. The SMILES string of the molecule is O=C1NC(=O)N(c2cccc(Cl)c2Cl)C(=O)/C1=C/c1ccco1.